The molecule has 25 heavy (non-hydrogen) atoms. The fraction of sp³-hybridized carbons (Fsp3) is 0.632. The molecule has 0 bridgehead atoms. The second kappa shape index (κ2) is 7.70. The summed E-state index contributed by atoms with van der Waals surface area (Å²) in [7, 11) is 0. The minimum Gasteiger partial charge on any atom is -0.367 e. The highest BCUT2D eigenvalue weighted by atomic mass is 19.1. The van der Waals surface area contributed by atoms with Crippen molar-refractivity contribution in [2.45, 2.75) is 38.1 Å². The third kappa shape index (κ3) is 3.96. The van der Waals surface area contributed by atoms with E-state index in [0.717, 1.165) is 58.4 Å². The van der Waals surface area contributed by atoms with Crippen LogP contribution in [0.15, 0.2) is 18.2 Å². The topological polar surface area (TPSA) is 61.6 Å². The van der Waals surface area contributed by atoms with Crippen molar-refractivity contribution in [2.75, 3.05) is 44.2 Å². The van der Waals surface area contributed by atoms with Crippen molar-refractivity contribution in [1.82, 2.24) is 10.2 Å². The Hall–Kier alpha value is -1.66. The van der Waals surface area contributed by atoms with Crippen molar-refractivity contribution in [3.05, 3.63) is 29.6 Å². The number of nitrogens with one attached hydrogen (secondary N) is 1. The first-order valence-electron chi connectivity index (χ1n) is 9.36. The van der Waals surface area contributed by atoms with Crippen LogP contribution in [0.3, 0.4) is 0 Å². The molecule has 2 aliphatic rings. The predicted molar refractivity (Wildman–Crippen MR) is 98.4 cm³/mol. The number of carbonyl (C=O) groups excluding carboxylic acids is 1. The fourth-order valence-corrected chi connectivity index (χ4v) is 3.95. The van der Waals surface area contributed by atoms with Gasteiger partial charge in [-0.25, -0.2) is 4.39 Å². The maximum atomic E-state index is 14.6. The number of carbonyl (C=O) groups is 1. The fourth-order valence-electron chi connectivity index (χ4n) is 3.95. The molecule has 1 amide bonds. The Bertz CT molecular complexity index is 607. The minimum absolute atomic E-state index is 0.228. The van der Waals surface area contributed by atoms with Crippen LogP contribution < -0.4 is 16.0 Å². The summed E-state index contributed by atoms with van der Waals surface area (Å²) in [5.74, 6) is -0.556. The van der Waals surface area contributed by atoms with Crippen LogP contribution in [-0.4, -0.2) is 55.6 Å². The Balaban J connectivity index is 1.68. The minimum atomic E-state index is -0.328. The zero-order valence-corrected chi connectivity index (χ0v) is 15.1. The average Bonchev–Trinajstić information content (AvgIpc) is 3.11. The first kappa shape index (κ1) is 18.1. The Morgan fingerprint density at radius 2 is 1.92 bits per heavy atom. The summed E-state index contributed by atoms with van der Waals surface area (Å²) >= 11 is 0. The summed E-state index contributed by atoms with van der Waals surface area (Å²) < 4.78 is 14.6. The maximum absolute atomic E-state index is 14.6. The number of halogens is 1. The lowest BCUT2D eigenvalue weighted by molar-refractivity contribution is 0.0902. The molecule has 1 aliphatic heterocycles. The molecule has 1 aromatic rings. The van der Waals surface area contributed by atoms with Gasteiger partial charge < -0.3 is 20.9 Å². The van der Waals surface area contributed by atoms with Crippen molar-refractivity contribution in [3.8, 4) is 0 Å². The van der Waals surface area contributed by atoms with Gasteiger partial charge in [0.05, 0.1) is 11.2 Å². The van der Waals surface area contributed by atoms with Crippen LogP contribution in [0.25, 0.3) is 0 Å². The molecule has 3 rings (SSSR count). The second-order valence-electron chi connectivity index (χ2n) is 7.23. The van der Waals surface area contributed by atoms with Gasteiger partial charge in [0.2, 0.25) is 0 Å². The van der Waals surface area contributed by atoms with Crippen LogP contribution in [0.4, 0.5) is 10.1 Å². The van der Waals surface area contributed by atoms with Crippen molar-refractivity contribution >= 4 is 11.6 Å². The number of nitrogens with two attached hydrogens (primary N) is 1. The Morgan fingerprint density at radius 3 is 2.48 bits per heavy atom. The van der Waals surface area contributed by atoms with Gasteiger partial charge in [-0.2, -0.15) is 0 Å². The highest BCUT2D eigenvalue weighted by Gasteiger charge is 2.34. The number of piperazine rings is 1. The Labute approximate surface area is 149 Å². The second-order valence-corrected chi connectivity index (χ2v) is 7.23. The molecule has 6 heteroatoms. The van der Waals surface area contributed by atoms with Gasteiger partial charge in [-0.1, -0.05) is 19.8 Å². The van der Waals surface area contributed by atoms with Gasteiger partial charge in [-0.3, -0.25) is 4.79 Å². The molecule has 1 aromatic carbocycles. The maximum Gasteiger partial charge on any atom is 0.251 e. The Kier molecular flexibility index (Phi) is 5.59. The Morgan fingerprint density at radius 1 is 1.24 bits per heavy atom. The molecule has 0 unspecified atom stereocenters. The summed E-state index contributed by atoms with van der Waals surface area (Å²) in [6.07, 6.45) is 3.96. The number of hydrogen-bond donors (Lipinski definition) is 2. The van der Waals surface area contributed by atoms with Crippen LogP contribution >= 0.6 is 0 Å². The SMILES string of the molecule is CCN1CCN(c2ccc(C(=O)NC3(CN)CCCC3)cc2F)CC1. The van der Waals surface area contributed by atoms with Gasteiger partial charge in [0.1, 0.15) is 5.82 Å². The number of amides is 1. The number of rotatable bonds is 5. The van der Waals surface area contributed by atoms with Crippen LogP contribution in [0.2, 0.25) is 0 Å². The number of hydrogen-bond acceptors (Lipinski definition) is 4. The van der Waals surface area contributed by atoms with E-state index in [-0.39, 0.29) is 17.3 Å². The highest BCUT2D eigenvalue weighted by molar-refractivity contribution is 5.95. The van der Waals surface area contributed by atoms with Crippen LogP contribution in [0, 0.1) is 5.82 Å². The van der Waals surface area contributed by atoms with E-state index in [1.807, 2.05) is 0 Å². The summed E-state index contributed by atoms with van der Waals surface area (Å²) in [6, 6.07) is 4.81. The highest BCUT2D eigenvalue weighted by Crippen LogP contribution is 2.29. The monoisotopic (exact) mass is 348 g/mol. The zero-order chi connectivity index (χ0) is 17.9. The third-order valence-electron chi connectivity index (χ3n) is 5.70. The molecular formula is C19H29FN4O. The quantitative estimate of drug-likeness (QED) is 0.854. The molecular weight excluding hydrogens is 319 g/mol. The largest absolute Gasteiger partial charge is 0.367 e. The van der Waals surface area contributed by atoms with E-state index in [1.54, 1.807) is 12.1 Å². The van der Waals surface area contributed by atoms with Gasteiger partial charge in [0, 0.05) is 38.3 Å². The molecule has 0 spiro atoms. The lowest BCUT2D eigenvalue weighted by atomic mass is 9.97. The summed E-state index contributed by atoms with van der Waals surface area (Å²) in [5, 5.41) is 3.05. The van der Waals surface area contributed by atoms with E-state index < -0.39 is 0 Å². The number of benzene rings is 1. The van der Waals surface area contributed by atoms with Gasteiger partial charge in [0.25, 0.3) is 5.91 Å². The molecule has 5 nitrogen and oxygen atoms in total. The molecule has 0 atom stereocenters. The molecule has 1 saturated heterocycles. The zero-order valence-electron chi connectivity index (χ0n) is 15.1. The average molecular weight is 348 g/mol. The first-order valence-corrected chi connectivity index (χ1v) is 9.36. The van der Waals surface area contributed by atoms with Crippen molar-refractivity contribution in [1.29, 1.82) is 0 Å². The van der Waals surface area contributed by atoms with Gasteiger partial charge in [-0.05, 0) is 37.6 Å². The molecule has 138 valence electrons. The van der Waals surface area contributed by atoms with Crippen LogP contribution in [0.5, 0.6) is 0 Å². The van der Waals surface area contributed by atoms with Gasteiger partial charge in [-0.15, -0.1) is 0 Å². The summed E-state index contributed by atoms with van der Waals surface area (Å²) in [4.78, 5) is 16.9. The molecule has 1 saturated carbocycles. The van der Waals surface area contributed by atoms with Crippen molar-refractivity contribution in [3.63, 3.8) is 0 Å². The summed E-state index contributed by atoms with van der Waals surface area (Å²) in [6.45, 7) is 7.11. The van der Waals surface area contributed by atoms with Gasteiger partial charge in [0.15, 0.2) is 0 Å². The van der Waals surface area contributed by atoms with Crippen LogP contribution in [0.1, 0.15) is 43.0 Å². The normalized spacial score (nSPS) is 20.7. The van der Waals surface area contributed by atoms with E-state index in [0.29, 0.717) is 17.8 Å². The van der Waals surface area contributed by atoms with E-state index in [2.05, 4.69) is 22.0 Å². The van der Waals surface area contributed by atoms with E-state index in [9.17, 15) is 9.18 Å². The lowest BCUT2D eigenvalue weighted by Gasteiger charge is -2.35. The lowest BCUT2D eigenvalue weighted by Crippen LogP contribution is -2.51. The van der Waals surface area contributed by atoms with E-state index in [1.165, 1.54) is 6.07 Å². The molecule has 2 fully saturated rings. The van der Waals surface area contributed by atoms with Crippen molar-refractivity contribution in [2.24, 2.45) is 5.73 Å². The molecule has 1 heterocycles. The van der Waals surface area contributed by atoms with Crippen LogP contribution in [-0.2, 0) is 0 Å². The summed E-state index contributed by atoms with van der Waals surface area (Å²) in [5.41, 5.74) is 6.51. The van der Waals surface area contributed by atoms with E-state index >= 15 is 0 Å². The number of nitrogens with zero attached hydrogens (tertiary/aromatic N) is 2. The molecule has 0 radical (unpaired) electrons. The first-order chi connectivity index (χ1) is 12.1. The molecule has 1 aliphatic carbocycles. The van der Waals surface area contributed by atoms with Gasteiger partial charge >= 0.3 is 0 Å². The number of likely N-dealkylation sites (N-methyl/N-ethyl adjacent to an activating group) is 1. The van der Waals surface area contributed by atoms with E-state index in [4.69, 9.17) is 5.73 Å². The van der Waals surface area contributed by atoms with Crippen molar-refractivity contribution < 1.29 is 9.18 Å². The molecule has 0 aromatic heterocycles. The standard InChI is InChI=1S/C19H29FN4O/c1-2-23-9-11-24(12-10-23)17-6-5-15(13-16(17)20)18(25)22-19(14-21)7-3-4-8-19/h5-6,13H,2-4,7-12,14,21H2,1H3,(H,22,25). The third-order valence-corrected chi connectivity index (χ3v) is 5.70. The predicted octanol–water partition coefficient (Wildman–Crippen LogP) is 1.97. The number of anilines is 1. The smallest absolute Gasteiger partial charge is 0.251 e. The molecule has 3 N–H and O–H groups in total.